The first-order valence-corrected chi connectivity index (χ1v) is 5.40. The lowest BCUT2D eigenvalue weighted by atomic mass is 10.3. The maximum atomic E-state index is 5.42. The average Bonchev–Trinajstić information content (AvgIpc) is 2.16. The standard InChI is InChI=1S/C10H13BrO2/c1-2-12-9-4-3-5-10(8-9)13-7-6-11/h3-5,8H,2,6-7H2,1H3. The summed E-state index contributed by atoms with van der Waals surface area (Å²) in [4.78, 5) is 0. The van der Waals surface area contributed by atoms with E-state index in [-0.39, 0.29) is 0 Å². The summed E-state index contributed by atoms with van der Waals surface area (Å²) in [6.45, 7) is 3.32. The van der Waals surface area contributed by atoms with Gasteiger partial charge in [-0.15, -0.1) is 0 Å². The van der Waals surface area contributed by atoms with Gasteiger partial charge in [-0.1, -0.05) is 22.0 Å². The predicted molar refractivity (Wildman–Crippen MR) is 56.9 cm³/mol. The SMILES string of the molecule is CCOc1cccc(OCCBr)c1. The zero-order valence-electron chi connectivity index (χ0n) is 7.63. The summed E-state index contributed by atoms with van der Waals surface area (Å²) in [5, 5.41) is 0.839. The number of ether oxygens (including phenoxy) is 2. The van der Waals surface area contributed by atoms with Gasteiger partial charge in [0, 0.05) is 11.4 Å². The average molecular weight is 245 g/mol. The molecule has 1 aromatic carbocycles. The van der Waals surface area contributed by atoms with E-state index in [1.54, 1.807) is 0 Å². The number of alkyl halides is 1. The quantitative estimate of drug-likeness (QED) is 0.742. The Bertz CT molecular complexity index is 250. The molecule has 1 rings (SSSR count). The van der Waals surface area contributed by atoms with Gasteiger partial charge in [0.25, 0.3) is 0 Å². The minimum absolute atomic E-state index is 0.676. The van der Waals surface area contributed by atoms with Crippen LogP contribution in [0.4, 0.5) is 0 Å². The molecule has 0 saturated carbocycles. The van der Waals surface area contributed by atoms with Crippen LogP contribution in [0, 0.1) is 0 Å². The van der Waals surface area contributed by atoms with E-state index >= 15 is 0 Å². The minimum atomic E-state index is 0.676. The van der Waals surface area contributed by atoms with Crippen LogP contribution in [-0.2, 0) is 0 Å². The van der Waals surface area contributed by atoms with Gasteiger partial charge in [-0.2, -0.15) is 0 Å². The van der Waals surface area contributed by atoms with Crippen LogP contribution in [0.3, 0.4) is 0 Å². The molecule has 0 aliphatic heterocycles. The topological polar surface area (TPSA) is 18.5 Å². The van der Waals surface area contributed by atoms with Gasteiger partial charge in [-0.05, 0) is 19.1 Å². The molecule has 0 bridgehead atoms. The molecule has 3 heteroatoms. The lowest BCUT2D eigenvalue weighted by Crippen LogP contribution is -1.98. The monoisotopic (exact) mass is 244 g/mol. The first-order valence-electron chi connectivity index (χ1n) is 4.28. The zero-order chi connectivity index (χ0) is 9.52. The van der Waals surface area contributed by atoms with Crippen molar-refractivity contribution in [3.63, 3.8) is 0 Å². The Morgan fingerprint density at radius 2 is 1.92 bits per heavy atom. The molecule has 0 N–H and O–H groups in total. The molecule has 13 heavy (non-hydrogen) atoms. The fourth-order valence-corrected chi connectivity index (χ4v) is 1.14. The molecule has 0 aliphatic carbocycles. The minimum Gasteiger partial charge on any atom is -0.494 e. The number of hydrogen-bond acceptors (Lipinski definition) is 2. The summed E-state index contributed by atoms with van der Waals surface area (Å²) in [5.74, 6) is 1.71. The predicted octanol–water partition coefficient (Wildman–Crippen LogP) is 2.86. The van der Waals surface area contributed by atoms with Crippen molar-refractivity contribution in [2.24, 2.45) is 0 Å². The highest BCUT2D eigenvalue weighted by Gasteiger charge is 1.95. The fourth-order valence-electron chi connectivity index (χ4n) is 0.977. The van der Waals surface area contributed by atoms with Gasteiger partial charge < -0.3 is 9.47 Å². The van der Waals surface area contributed by atoms with Crippen molar-refractivity contribution in [3.05, 3.63) is 24.3 Å². The van der Waals surface area contributed by atoms with E-state index in [9.17, 15) is 0 Å². The van der Waals surface area contributed by atoms with Gasteiger partial charge in [-0.25, -0.2) is 0 Å². The second-order valence-electron chi connectivity index (χ2n) is 2.45. The van der Waals surface area contributed by atoms with Crippen molar-refractivity contribution < 1.29 is 9.47 Å². The Morgan fingerprint density at radius 1 is 1.23 bits per heavy atom. The van der Waals surface area contributed by atoms with Gasteiger partial charge in [0.1, 0.15) is 11.5 Å². The van der Waals surface area contributed by atoms with E-state index in [1.165, 1.54) is 0 Å². The third kappa shape index (κ3) is 3.68. The van der Waals surface area contributed by atoms with E-state index in [2.05, 4.69) is 15.9 Å². The molecule has 2 nitrogen and oxygen atoms in total. The van der Waals surface area contributed by atoms with Crippen molar-refractivity contribution in [3.8, 4) is 11.5 Å². The maximum Gasteiger partial charge on any atom is 0.123 e. The molecule has 0 saturated heterocycles. The molecule has 0 atom stereocenters. The van der Waals surface area contributed by atoms with Gasteiger partial charge in [0.15, 0.2) is 0 Å². The molecule has 0 unspecified atom stereocenters. The van der Waals surface area contributed by atoms with Crippen LogP contribution >= 0.6 is 15.9 Å². The summed E-state index contributed by atoms with van der Waals surface area (Å²) >= 11 is 3.30. The summed E-state index contributed by atoms with van der Waals surface area (Å²) in [7, 11) is 0. The zero-order valence-corrected chi connectivity index (χ0v) is 9.21. The van der Waals surface area contributed by atoms with Crippen LogP contribution in [0.5, 0.6) is 11.5 Å². The highest BCUT2D eigenvalue weighted by Crippen LogP contribution is 2.19. The molecular formula is C10H13BrO2. The fraction of sp³-hybridized carbons (Fsp3) is 0.400. The molecule has 0 aromatic heterocycles. The highest BCUT2D eigenvalue weighted by molar-refractivity contribution is 9.09. The Hall–Kier alpha value is -0.700. The van der Waals surface area contributed by atoms with Crippen LogP contribution in [0.25, 0.3) is 0 Å². The van der Waals surface area contributed by atoms with Crippen LogP contribution in [0.2, 0.25) is 0 Å². The third-order valence-corrected chi connectivity index (χ3v) is 1.79. The van der Waals surface area contributed by atoms with Crippen LogP contribution in [-0.4, -0.2) is 18.5 Å². The van der Waals surface area contributed by atoms with Crippen LogP contribution in [0.15, 0.2) is 24.3 Å². The van der Waals surface area contributed by atoms with Crippen LogP contribution < -0.4 is 9.47 Å². The lowest BCUT2D eigenvalue weighted by molar-refractivity contribution is 0.325. The Morgan fingerprint density at radius 3 is 2.54 bits per heavy atom. The van der Waals surface area contributed by atoms with Gasteiger partial charge in [-0.3, -0.25) is 0 Å². The third-order valence-electron chi connectivity index (χ3n) is 1.46. The van der Waals surface area contributed by atoms with E-state index in [0.29, 0.717) is 13.2 Å². The van der Waals surface area contributed by atoms with E-state index in [1.807, 2.05) is 31.2 Å². The van der Waals surface area contributed by atoms with Crippen molar-refractivity contribution in [2.75, 3.05) is 18.5 Å². The summed E-state index contributed by atoms with van der Waals surface area (Å²) < 4.78 is 10.8. The molecule has 72 valence electrons. The summed E-state index contributed by atoms with van der Waals surface area (Å²) in [5.41, 5.74) is 0. The van der Waals surface area contributed by atoms with Gasteiger partial charge in [0.2, 0.25) is 0 Å². The summed E-state index contributed by atoms with van der Waals surface area (Å²) in [6.07, 6.45) is 0. The molecular weight excluding hydrogens is 232 g/mol. The number of rotatable bonds is 5. The first-order chi connectivity index (χ1) is 6.36. The second-order valence-corrected chi connectivity index (χ2v) is 3.24. The molecule has 0 spiro atoms. The van der Waals surface area contributed by atoms with E-state index < -0.39 is 0 Å². The van der Waals surface area contributed by atoms with Gasteiger partial charge in [0.05, 0.1) is 13.2 Å². The Labute approximate surface area is 87.0 Å². The highest BCUT2D eigenvalue weighted by atomic mass is 79.9. The molecule has 0 fully saturated rings. The smallest absolute Gasteiger partial charge is 0.123 e. The maximum absolute atomic E-state index is 5.42. The Kier molecular flexibility index (Phi) is 4.68. The summed E-state index contributed by atoms with van der Waals surface area (Å²) in [6, 6.07) is 7.66. The molecule has 0 aliphatic rings. The van der Waals surface area contributed by atoms with E-state index in [4.69, 9.17) is 9.47 Å². The van der Waals surface area contributed by atoms with Gasteiger partial charge >= 0.3 is 0 Å². The molecule has 0 radical (unpaired) electrons. The largest absolute Gasteiger partial charge is 0.494 e. The van der Waals surface area contributed by atoms with Crippen molar-refractivity contribution in [1.29, 1.82) is 0 Å². The number of hydrogen-bond donors (Lipinski definition) is 0. The van der Waals surface area contributed by atoms with Crippen molar-refractivity contribution in [1.82, 2.24) is 0 Å². The second kappa shape index (κ2) is 5.86. The Balaban J connectivity index is 2.56. The molecule has 0 amide bonds. The normalized spacial score (nSPS) is 9.69. The first kappa shape index (κ1) is 10.4. The van der Waals surface area contributed by atoms with Crippen LogP contribution in [0.1, 0.15) is 6.92 Å². The van der Waals surface area contributed by atoms with Crippen molar-refractivity contribution in [2.45, 2.75) is 6.92 Å². The van der Waals surface area contributed by atoms with E-state index in [0.717, 1.165) is 16.8 Å². The van der Waals surface area contributed by atoms with Crippen molar-refractivity contribution >= 4 is 15.9 Å². The molecule has 0 heterocycles. The molecule has 1 aromatic rings. The number of benzene rings is 1. The number of halogens is 1. The lowest BCUT2D eigenvalue weighted by Gasteiger charge is -2.06.